The number of carbonyl (C=O) groups excluding carboxylic acids is 1. The van der Waals surface area contributed by atoms with Crippen molar-refractivity contribution in [2.75, 3.05) is 26.8 Å². The van der Waals surface area contributed by atoms with Gasteiger partial charge in [0.1, 0.15) is 12.4 Å². The van der Waals surface area contributed by atoms with E-state index in [0.717, 1.165) is 11.1 Å². The Labute approximate surface area is 130 Å². The number of nitrogens with two attached hydrogens (primary N) is 1. The molecule has 0 saturated heterocycles. The number of fused-ring (bicyclic) bond motifs is 1. The van der Waals surface area contributed by atoms with Crippen LogP contribution in [0.1, 0.15) is 6.42 Å². The first-order valence-electron chi connectivity index (χ1n) is 7.34. The summed E-state index contributed by atoms with van der Waals surface area (Å²) in [6.07, 6.45) is 0.0320. The van der Waals surface area contributed by atoms with Crippen LogP contribution in [0.4, 0.5) is 0 Å². The fourth-order valence-corrected chi connectivity index (χ4v) is 2.16. The molecule has 2 aromatic carbocycles. The molecule has 5 nitrogen and oxygen atoms in total. The predicted octanol–water partition coefficient (Wildman–Crippen LogP) is 1.70. The molecule has 0 fully saturated rings. The zero-order valence-electron chi connectivity index (χ0n) is 12.7. The number of rotatable bonds is 8. The standard InChI is InChI=1S/C17H22N2O3/c1-21-16(12-18)11-17(20)19-8-9-22-15-7-6-13-4-2-3-5-14(13)10-15/h2-7,10,16H,8-9,11-12,18H2,1H3,(H,19,20). The highest BCUT2D eigenvalue weighted by Gasteiger charge is 2.10. The summed E-state index contributed by atoms with van der Waals surface area (Å²) < 4.78 is 10.7. The third kappa shape index (κ3) is 4.72. The van der Waals surface area contributed by atoms with Crippen LogP contribution in [-0.2, 0) is 9.53 Å². The lowest BCUT2D eigenvalue weighted by molar-refractivity contribution is -0.123. The maximum atomic E-state index is 11.7. The van der Waals surface area contributed by atoms with Crippen LogP contribution in [0.5, 0.6) is 5.75 Å². The number of carbonyl (C=O) groups is 1. The minimum Gasteiger partial charge on any atom is -0.492 e. The van der Waals surface area contributed by atoms with E-state index in [-0.39, 0.29) is 18.4 Å². The summed E-state index contributed by atoms with van der Waals surface area (Å²) in [5, 5.41) is 5.10. The van der Waals surface area contributed by atoms with Crippen LogP contribution in [0.3, 0.4) is 0 Å². The number of benzene rings is 2. The number of hydrogen-bond donors (Lipinski definition) is 2. The molecule has 1 atom stereocenters. The van der Waals surface area contributed by atoms with E-state index in [1.54, 1.807) is 7.11 Å². The minimum atomic E-state index is -0.235. The average Bonchev–Trinajstić information content (AvgIpc) is 2.56. The second-order valence-corrected chi connectivity index (χ2v) is 5.00. The number of methoxy groups -OCH3 is 1. The molecule has 1 amide bonds. The highest BCUT2D eigenvalue weighted by atomic mass is 16.5. The van der Waals surface area contributed by atoms with E-state index in [1.165, 1.54) is 5.39 Å². The zero-order chi connectivity index (χ0) is 15.8. The Hall–Kier alpha value is -2.11. The Morgan fingerprint density at radius 2 is 2.00 bits per heavy atom. The summed E-state index contributed by atoms with van der Waals surface area (Å²) in [6, 6.07) is 14.0. The minimum absolute atomic E-state index is 0.0839. The van der Waals surface area contributed by atoms with Gasteiger partial charge in [-0.1, -0.05) is 30.3 Å². The first-order valence-corrected chi connectivity index (χ1v) is 7.34. The molecule has 0 heterocycles. The lowest BCUT2D eigenvalue weighted by Gasteiger charge is -2.13. The van der Waals surface area contributed by atoms with E-state index in [9.17, 15) is 4.79 Å². The molecule has 1 unspecified atom stereocenters. The Balaban J connectivity index is 1.74. The smallest absolute Gasteiger partial charge is 0.222 e. The Bertz CT molecular complexity index is 612. The second-order valence-electron chi connectivity index (χ2n) is 5.00. The molecular weight excluding hydrogens is 280 g/mol. The van der Waals surface area contributed by atoms with Crippen molar-refractivity contribution in [3.8, 4) is 5.75 Å². The SMILES string of the molecule is COC(CN)CC(=O)NCCOc1ccc2ccccc2c1. The monoisotopic (exact) mass is 302 g/mol. The molecule has 2 aromatic rings. The molecule has 0 spiro atoms. The van der Waals surface area contributed by atoms with Gasteiger partial charge in [0.15, 0.2) is 0 Å². The van der Waals surface area contributed by atoms with Gasteiger partial charge in [-0.2, -0.15) is 0 Å². The van der Waals surface area contributed by atoms with Crippen molar-refractivity contribution in [1.29, 1.82) is 0 Å². The predicted molar refractivity (Wildman–Crippen MR) is 86.9 cm³/mol. The summed E-state index contributed by atoms with van der Waals surface area (Å²) in [5.41, 5.74) is 5.48. The molecule has 2 rings (SSSR count). The summed E-state index contributed by atoms with van der Waals surface area (Å²) in [7, 11) is 1.55. The van der Waals surface area contributed by atoms with Crippen LogP contribution < -0.4 is 15.8 Å². The molecular formula is C17H22N2O3. The van der Waals surface area contributed by atoms with Crippen molar-refractivity contribution in [3.63, 3.8) is 0 Å². The molecule has 0 saturated carbocycles. The summed E-state index contributed by atoms with van der Waals surface area (Å²) in [6.45, 7) is 1.20. The van der Waals surface area contributed by atoms with Gasteiger partial charge >= 0.3 is 0 Å². The summed E-state index contributed by atoms with van der Waals surface area (Å²) in [5.74, 6) is 0.712. The molecule has 0 aliphatic heterocycles. The largest absolute Gasteiger partial charge is 0.492 e. The van der Waals surface area contributed by atoms with Gasteiger partial charge in [-0.3, -0.25) is 4.79 Å². The van der Waals surface area contributed by atoms with E-state index in [4.69, 9.17) is 15.2 Å². The van der Waals surface area contributed by atoms with Crippen molar-refractivity contribution in [3.05, 3.63) is 42.5 Å². The highest BCUT2D eigenvalue weighted by Crippen LogP contribution is 2.20. The molecule has 5 heteroatoms. The van der Waals surface area contributed by atoms with E-state index in [0.29, 0.717) is 19.7 Å². The fraction of sp³-hybridized carbons (Fsp3) is 0.353. The Morgan fingerprint density at radius 3 is 2.73 bits per heavy atom. The van der Waals surface area contributed by atoms with Gasteiger partial charge in [0.2, 0.25) is 5.91 Å². The van der Waals surface area contributed by atoms with Crippen molar-refractivity contribution in [1.82, 2.24) is 5.32 Å². The van der Waals surface area contributed by atoms with Gasteiger partial charge in [-0.25, -0.2) is 0 Å². The van der Waals surface area contributed by atoms with Crippen molar-refractivity contribution in [2.24, 2.45) is 5.73 Å². The van der Waals surface area contributed by atoms with Gasteiger partial charge < -0.3 is 20.5 Å². The van der Waals surface area contributed by atoms with Crippen LogP contribution in [0.15, 0.2) is 42.5 Å². The third-order valence-corrected chi connectivity index (χ3v) is 3.42. The lowest BCUT2D eigenvalue weighted by atomic mass is 10.1. The molecule has 0 radical (unpaired) electrons. The molecule has 22 heavy (non-hydrogen) atoms. The van der Waals surface area contributed by atoms with E-state index >= 15 is 0 Å². The first-order chi connectivity index (χ1) is 10.7. The average molecular weight is 302 g/mol. The number of ether oxygens (including phenoxy) is 2. The molecule has 118 valence electrons. The van der Waals surface area contributed by atoms with Crippen molar-refractivity contribution < 1.29 is 14.3 Å². The number of hydrogen-bond acceptors (Lipinski definition) is 4. The van der Waals surface area contributed by atoms with Gasteiger partial charge in [-0.15, -0.1) is 0 Å². The Kier molecular flexibility index (Phi) is 6.18. The van der Waals surface area contributed by atoms with Gasteiger partial charge in [0.25, 0.3) is 0 Å². The maximum Gasteiger partial charge on any atom is 0.222 e. The van der Waals surface area contributed by atoms with E-state index in [1.807, 2.05) is 36.4 Å². The van der Waals surface area contributed by atoms with Crippen LogP contribution in [-0.4, -0.2) is 38.8 Å². The molecule has 3 N–H and O–H groups in total. The zero-order valence-corrected chi connectivity index (χ0v) is 12.7. The van der Waals surface area contributed by atoms with E-state index in [2.05, 4.69) is 11.4 Å². The van der Waals surface area contributed by atoms with Crippen molar-refractivity contribution >= 4 is 16.7 Å². The van der Waals surface area contributed by atoms with Gasteiger partial charge in [0, 0.05) is 13.7 Å². The molecule has 0 bridgehead atoms. The van der Waals surface area contributed by atoms with Gasteiger partial charge in [0.05, 0.1) is 19.1 Å². The Morgan fingerprint density at radius 1 is 1.23 bits per heavy atom. The number of amides is 1. The molecule has 0 aliphatic rings. The summed E-state index contributed by atoms with van der Waals surface area (Å²) >= 11 is 0. The normalized spacial score (nSPS) is 12.1. The van der Waals surface area contributed by atoms with Crippen LogP contribution in [0.25, 0.3) is 10.8 Å². The molecule has 0 aliphatic carbocycles. The fourth-order valence-electron chi connectivity index (χ4n) is 2.16. The van der Waals surface area contributed by atoms with Crippen LogP contribution in [0, 0.1) is 0 Å². The second kappa shape index (κ2) is 8.36. The molecule has 0 aromatic heterocycles. The van der Waals surface area contributed by atoms with Gasteiger partial charge in [-0.05, 0) is 22.9 Å². The third-order valence-electron chi connectivity index (χ3n) is 3.42. The van der Waals surface area contributed by atoms with Crippen LogP contribution >= 0.6 is 0 Å². The van der Waals surface area contributed by atoms with Crippen LogP contribution in [0.2, 0.25) is 0 Å². The van der Waals surface area contributed by atoms with E-state index < -0.39 is 0 Å². The summed E-state index contributed by atoms with van der Waals surface area (Å²) in [4.78, 5) is 11.7. The topological polar surface area (TPSA) is 73.6 Å². The maximum absolute atomic E-state index is 11.7. The quantitative estimate of drug-likeness (QED) is 0.728. The highest BCUT2D eigenvalue weighted by molar-refractivity contribution is 5.83. The van der Waals surface area contributed by atoms with Crippen molar-refractivity contribution in [2.45, 2.75) is 12.5 Å². The first kappa shape index (κ1) is 16.3. The number of nitrogens with one attached hydrogen (secondary N) is 1. The lowest BCUT2D eigenvalue weighted by Crippen LogP contribution is -2.34.